The van der Waals surface area contributed by atoms with Crippen molar-refractivity contribution in [3.63, 3.8) is 0 Å². The zero-order chi connectivity index (χ0) is 20.5. The Bertz CT molecular complexity index is 860. The molecule has 3 heterocycles. The fourth-order valence-electron chi connectivity index (χ4n) is 4.82. The number of nitrogens with one attached hydrogen (secondary N) is 1. The number of aryl methyl sites for hydroxylation is 1. The third kappa shape index (κ3) is 4.10. The number of nitrogens with zero attached hydrogens (tertiary/aromatic N) is 3. The highest BCUT2D eigenvalue weighted by Crippen LogP contribution is 2.37. The summed E-state index contributed by atoms with van der Waals surface area (Å²) in [5.41, 5.74) is 2.42. The molecule has 1 aliphatic heterocycles. The second kappa shape index (κ2) is 8.30. The van der Waals surface area contributed by atoms with Crippen molar-refractivity contribution in [3.05, 3.63) is 39.8 Å². The van der Waals surface area contributed by atoms with Gasteiger partial charge in [0.1, 0.15) is 5.69 Å². The minimum absolute atomic E-state index is 0.00955. The number of thiophene rings is 1. The Balaban J connectivity index is 1.45. The third-order valence-electron chi connectivity index (χ3n) is 6.17. The molecule has 2 aliphatic rings. The van der Waals surface area contributed by atoms with Crippen LogP contribution < -0.4 is 5.32 Å². The summed E-state index contributed by atoms with van der Waals surface area (Å²) in [5, 5.41) is 11.7. The van der Waals surface area contributed by atoms with Crippen LogP contribution in [0.3, 0.4) is 0 Å². The molecular weight excluding hydrogens is 384 g/mol. The van der Waals surface area contributed by atoms with Crippen LogP contribution in [0, 0.1) is 17.8 Å². The number of carbonyl (C=O) groups is 2. The number of aromatic nitrogens is 2. The van der Waals surface area contributed by atoms with Crippen LogP contribution in [0.4, 0.5) is 0 Å². The average Bonchev–Trinajstić information content (AvgIpc) is 3.39. The monoisotopic (exact) mass is 414 g/mol. The van der Waals surface area contributed by atoms with Gasteiger partial charge in [0.15, 0.2) is 0 Å². The molecule has 29 heavy (non-hydrogen) atoms. The molecule has 2 fully saturated rings. The van der Waals surface area contributed by atoms with Crippen molar-refractivity contribution in [3.8, 4) is 0 Å². The van der Waals surface area contributed by atoms with Crippen molar-refractivity contribution in [2.75, 3.05) is 13.1 Å². The Labute approximate surface area is 176 Å². The predicted octanol–water partition coefficient (Wildman–Crippen LogP) is 3.44. The fourth-order valence-corrected chi connectivity index (χ4v) is 5.45. The topological polar surface area (TPSA) is 67.2 Å². The van der Waals surface area contributed by atoms with Crippen LogP contribution in [0.25, 0.3) is 0 Å². The van der Waals surface area contributed by atoms with Gasteiger partial charge in [0, 0.05) is 36.6 Å². The van der Waals surface area contributed by atoms with Gasteiger partial charge in [-0.15, -0.1) is 0 Å². The van der Waals surface area contributed by atoms with E-state index in [1.54, 1.807) is 0 Å². The van der Waals surface area contributed by atoms with E-state index in [1.165, 1.54) is 11.3 Å². The molecule has 0 spiro atoms. The molecular formula is C22H30N4O2S. The van der Waals surface area contributed by atoms with Crippen LogP contribution >= 0.6 is 11.3 Å². The van der Waals surface area contributed by atoms with Gasteiger partial charge in [-0.1, -0.05) is 13.8 Å². The maximum atomic E-state index is 13.3. The average molecular weight is 415 g/mol. The summed E-state index contributed by atoms with van der Waals surface area (Å²) in [4.78, 5) is 27.8. The van der Waals surface area contributed by atoms with Crippen molar-refractivity contribution in [1.29, 1.82) is 0 Å². The SMILES string of the molecule is CCn1nc(CC(C)C)cc1C(=O)N1C[C@H]2CC[C@@H](C1)C2NC(=O)c1ccsc1. The van der Waals surface area contributed by atoms with Crippen LogP contribution in [0.1, 0.15) is 60.2 Å². The molecule has 1 unspecified atom stereocenters. The highest BCUT2D eigenvalue weighted by Gasteiger charge is 2.44. The summed E-state index contributed by atoms with van der Waals surface area (Å²) >= 11 is 1.54. The Morgan fingerprint density at radius 3 is 2.59 bits per heavy atom. The van der Waals surface area contributed by atoms with E-state index in [0.29, 0.717) is 43.1 Å². The highest BCUT2D eigenvalue weighted by atomic mass is 32.1. The summed E-state index contributed by atoms with van der Waals surface area (Å²) in [5.74, 6) is 1.25. The molecule has 1 saturated carbocycles. The number of piperidine rings is 1. The smallest absolute Gasteiger partial charge is 0.272 e. The first kappa shape index (κ1) is 20.1. The van der Waals surface area contributed by atoms with Crippen LogP contribution in [0.2, 0.25) is 0 Å². The molecule has 7 heteroatoms. The molecule has 0 aromatic carbocycles. The van der Waals surface area contributed by atoms with Crippen molar-refractivity contribution in [2.45, 2.75) is 52.6 Å². The zero-order valence-electron chi connectivity index (χ0n) is 17.4. The van der Waals surface area contributed by atoms with E-state index >= 15 is 0 Å². The van der Waals surface area contributed by atoms with Gasteiger partial charge in [-0.2, -0.15) is 16.4 Å². The largest absolute Gasteiger partial charge is 0.349 e. The van der Waals surface area contributed by atoms with E-state index in [9.17, 15) is 9.59 Å². The second-order valence-electron chi connectivity index (χ2n) is 8.75. The van der Waals surface area contributed by atoms with Gasteiger partial charge in [-0.05, 0) is 61.5 Å². The van der Waals surface area contributed by atoms with Gasteiger partial charge in [0.05, 0.1) is 5.69 Å². The Morgan fingerprint density at radius 2 is 2.00 bits per heavy atom. The maximum absolute atomic E-state index is 13.3. The first-order chi connectivity index (χ1) is 14.0. The fraction of sp³-hybridized carbons (Fsp3) is 0.591. The van der Waals surface area contributed by atoms with E-state index < -0.39 is 0 Å². The summed E-state index contributed by atoms with van der Waals surface area (Å²) in [7, 11) is 0. The molecule has 2 aromatic rings. The number of carbonyl (C=O) groups excluding carboxylic acids is 2. The minimum atomic E-state index is 0.00955. The lowest BCUT2D eigenvalue weighted by Crippen LogP contribution is -2.54. The normalized spacial score (nSPS) is 23.6. The summed E-state index contributed by atoms with van der Waals surface area (Å²) < 4.78 is 1.84. The lowest BCUT2D eigenvalue weighted by Gasteiger charge is -2.38. The number of fused-ring (bicyclic) bond motifs is 2. The van der Waals surface area contributed by atoms with Crippen molar-refractivity contribution >= 4 is 23.2 Å². The van der Waals surface area contributed by atoms with Crippen molar-refractivity contribution in [1.82, 2.24) is 20.0 Å². The van der Waals surface area contributed by atoms with Crippen molar-refractivity contribution in [2.24, 2.45) is 17.8 Å². The molecule has 3 atom stereocenters. The van der Waals surface area contributed by atoms with Crippen LogP contribution in [-0.2, 0) is 13.0 Å². The lowest BCUT2D eigenvalue weighted by molar-refractivity contribution is 0.0587. The Kier molecular flexibility index (Phi) is 5.76. The highest BCUT2D eigenvalue weighted by molar-refractivity contribution is 7.08. The Morgan fingerprint density at radius 1 is 1.28 bits per heavy atom. The van der Waals surface area contributed by atoms with Crippen LogP contribution in [0.15, 0.2) is 22.9 Å². The zero-order valence-corrected chi connectivity index (χ0v) is 18.2. The molecule has 2 aromatic heterocycles. The first-order valence-corrected chi connectivity index (χ1v) is 11.6. The Hall–Kier alpha value is -2.15. The molecule has 156 valence electrons. The van der Waals surface area contributed by atoms with Gasteiger partial charge in [-0.3, -0.25) is 14.3 Å². The van der Waals surface area contributed by atoms with Gasteiger partial charge in [0.2, 0.25) is 0 Å². The number of rotatable bonds is 6. The lowest BCUT2D eigenvalue weighted by atomic mass is 9.91. The molecule has 1 aliphatic carbocycles. The quantitative estimate of drug-likeness (QED) is 0.787. The van der Waals surface area contributed by atoms with E-state index in [4.69, 9.17) is 0 Å². The molecule has 1 N–H and O–H groups in total. The van der Waals surface area contributed by atoms with Gasteiger partial charge < -0.3 is 10.2 Å². The van der Waals surface area contributed by atoms with E-state index in [0.717, 1.165) is 30.5 Å². The summed E-state index contributed by atoms with van der Waals surface area (Å²) in [6.45, 7) is 8.47. The summed E-state index contributed by atoms with van der Waals surface area (Å²) in [6.07, 6.45) is 3.01. The molecule has 2 bridgehead atoms. The first-order valence-electron chi connectivity index (χ1n) is 10.6. The number of hydrogen-bond acceptors (Lipinski definition) is 4. The molecule has 4 rings (SSSR count). The van der Waals surface area contributed by atoms with Crippen molar-refractivity contribution < 1.29 is 9.59 Å². The second-order valence-corrected chi connectivity index (χ2v) is 9.53. The summed E-state index contributed by atoms with van der Waals surface area (Å²) in [6, 6.07) is 4.00. The number of hydrogen-bond donors (Lipinski definition) is 1. The van der Waals surface area contributed by atoms with Crippen LogP contribution in [0.5, 0.6) is 0 Å². The van der Waals surface area contributed by atoms with Gasteiger partial charge in [0.25, 0.3) is 11.8 Å². The van der Waals surface area contributed by atoms with Gasteiger partial charge >= 0.3 is 0 Å². The number of amides is 2. The van der Waals surface area contributed by atoms with E-state index in [-0.39, 0.29) is 17.9 Å². The predicted molar refractivity (Wildman–Crippen MR) is 114 cm³/mol. The minimum Gasteiger partial charge on any atom is -0.349 e. The molecule has 6 nitrogen and oxygen atoms in total. The van der Waals surface area contributed by atoms with Crippen LogP contribution in [-0.4, -0.2) is 45.6 Å². The van der Waals surface area contributed by atoms with E-state index in [1.807, 2.05) is 39.4 Å². The van der Waals surface area contributed by atoms with E-state index in [2.05, 4.69) is 24.3 Å². The molecule has 1 saturated heterocycles. The standard InChI is InChI=1S/C22H30N4O2S/c1-4-26-19(10-18(24-26)9-14(2)3)22(28)25-11-15-5-6-16(12-25)20(15)23-21(27)17-7-8-29-13-17/h7-8,10,13-16,20H,4-6,9,11-12H2,1-3H3,(H,23,27)/t15-,16+,20?. The molecule has 0 radical (unpaired) electrons. The third-order valence-corrected chi connectivity index (χ3v) is 6.85. The van der Waals surface area contributed by atoms with Gasteiger partial charge in [-0.25, -0.2) is 0 Å². The maximum Gasteiger partial charge on any atom is 0.272 e. The molecule has 2 amide bonds. The number of likely N-dealkylation sites (tertiary alicyclic amines) is 1.